The van der Waals surface area contributed by atoms with Crippen molar-refractivity contribution in [3.05, 3.63) is 0 Å². The molecule has 0 aromatic heterocycles. The third kappa shape index (κ3) is 14.4. The predicted octanol–water partition coefficient (Wildman–Crippen LogP) is 5.08. The van der Waals surface area contributed by atoms with Gasteiger partial charge in [0, 0.05) is 19.0 Å². The first kappa shape index (κ1) is 16.4. The highest BCUT2D eigenvalue weighted by Crippen LogP contribution is 2.15. The van der Waals surface area contributed by atoms with Gasteiger partial charge in [0.15, 0.2) is 0 Å². The van der Waals surface area contributed by atoms with Crippen LogP contribution in [0.15, 0.2) is 0 Å². The van der Waals surface area contributed by atoms with E-state index >= 15 is 0 Å². The fourth-order valence-electron chi connectivity index (χ4n) is 0.922. The van der Waals surface area contributed by atoms with Gasteiger partial charge in [0.2, 0.25) is 0 Å². The number of hydrogen-bond acceptors (Lipinski definition) is 0. The summed E-state index contributed by atoms with van der Waals surface area (Å²) in [6, 6.07) is 5.36. The Labute approximate surface area is 126 Å². The zero-order chi connectivity index (χ0) is 10.8. The van der Waals surface area contributed by atoms with Crippen LogP contribution in [0, 0.1) is 0 Å². The van der Waals surface area contributed by atoms with Crippen LogP contribution < -0.4 is 0 Å². The van der Waals surface area contributed by atoms with E-state index in [4.69, 9.17) is 0 Å². The van der Waals surface area contributed by atoms with Gasteiger partial charge in [0.25, 0.3) is 0 Å². The summed E-state index contributed by atoms with van der Waals surface area (Å²) < 4.78 is 1.05. The lowest BCUT2D eigenvalue weighted by Crippen LogP contribution is -1.97. The molecule has 0 aliphatic carbocycles. The summed E-state index contributed by atoms with van der Waals surface area (Å²) in [5.41, 5.74) is 0. The van der Waals surface area contributed by atoms with Crippen molar-refractivity contribution >= 4 is 82.8 Å². The zero-order valence-corrected chi connectivity index (χ0v) is 16.3. The van der Waals surface area contributed by atoms with Crippen LogP contribution in [0.1, 0.15) is 12.8 Å². The molecule has 0 saturated carbocycles. The molecule has 0 bridgehead atoms. The first-order valence-corrected chi connectivity index (χ1v) is 11.1. The molecule has 0 heterocycles. The molecule has 0 aromatic rings. The van der Waals surface area contributed by atoms with E-state index in [2.05, 4.69) is 63.7 Å². The van der Waals surface area contributed by atoms with Crippen molar-refractivity contribution in [1.82, 2.24) is 0 Å². The van der Waals surface area contributed by atoms with Crippen molar-refractivity contribution in [1.29, 1.82) is 0 Å². The molecule has 6 heteroatoms. The smallest absolute Gasteiger partial charge is 0.0670 e. The van der Waals surface area contributed by atoms with Crippen molar-refractivity contribution in [3.8, 4) is 0 Å². The van der Waals surface area contributed by atoms with E-state index in [0.717, 1.165) is 19.0 Å². The summed E-state index contributed by atoms with van der Waals surface area (Å²) in [6.45, 7) is 0. The monoisotopic (exact) mass is 482 g/mol. The van der Waals surface area contributed by atoms with E-state index in [-0.39, 0.29) is 0 Å². The first-order valence-electron chi connectivity index (χ1n) is 4.60. The number of halogens is 4. The van der Waals surface area contributed by atoms with Gasteiger partial charge in [0.1, 0.15) is 0 Å². The Balaban J connectivity index is 2.92. The topological polar surface area (TPSA) is 0 Å². The van der Waals surface area contributed by atoms with Gasteiger partial charge in [-0.1, -0.05) is 88.6 Å². The van der Waals surface area contributed by atoms with Gasteiger partial charge in [-0.05, 0) is 12.1 Å². The Morgan fingerprint density at radius 2 is 1.07 bits per heavy atom. The summed E-state index contributed by atoms with van der Waals surface area (Å²) in [6.07, 6.45) is 2.82. The Morgan fingerprint density at radius 3 is 1.36 bits per heavy atom. The Hall–Kier alpha value is 2.35. The molecule has 0 atom stereocenters. The molecule has 0 amide bonds. The maximum absolute atomic E-state index is 3.50. The third-order valence-corrected chi connectivity index (χ3v) is 8.05. The molecule has 14 heavy (non-hydrogen) atoms. The quantitative estimate of drug-likeness (QED) is 0.243. The highest BCUT2D eigenvalue weighted by molar-refractivity contribution is 9.25. The molecule has 82 valence electrons. The lowest BCUT2D eigenvalue weighted by Gasteiger charge is -2.02. The average Bonchev–Trinajstić information content (AvgIpc) is 2.08. The summed E-state index contributed by atoms with van der Waals surface area (Å²) in [5.74, 6) is 0. The van der Waals surface area contributed by atoms with Crippen LogP contribution in [0.4, 0.5) is 0 Å². The standard InChI is InChI=1S/C8H14Br4Si2/c9-7(10)5-13-3-1-2-4-14-6-8(11)12/h7-8H,1-6H2. The molecule has 0 aliphatic heterocycles. The van der Waals surface area contributed by atoms with Crippen LogP contribution in [0.3, 0.4) is 0 Å². The molecular formula is C8H14Br4Si2. The highest BCUT2D eigenvalue weighted by Gasteiger charge is 2.00. The Kier molecular flexibility index (Phi) is 13.8. The van der Waals surface area contributed by atoms with Crippen LogP contribution in [-0.4, -0.2) is 26.5 Å². The SMILES string of the molecule is BrC(Br)C[Si]CCCC[Si]CC(Br)Br. The minimum atomic E-state index is 0.526. The lowest BCUT2D eigenvalue weighted by molar-refractivity contribution is 0.870. The van der Waals surface area contributed by atoms with Gasteiger partial charge in [-0.25, -0.2) is 0 Å². The van der Waals surface area contributed by atoms with E-state index in [1.165, 1.54) is 37.0 Å². The average molecular weight is 486 g/mol. The van der Waals surface area contributed by atoms with Gasteiger partial charge in [-0.15, -0.1) is 0 Å². The van der Waals surface area contributed by atoms with E-state index in [9.17, 15) is 0 Å². The predicted molar refractivity (Wildman–Crippen MR) is 83.3 cm³/mol. The molecule has 0 rings (SSSR count). The van der Waals surface area contributed by atoms with E-state index in [0.29, 0.717) is 7.47 Å². The number of rotatable bonds is 9. The number of unbranched alkanes of at least 4 members (excludes halogenated alkanes) is 1. The van der Waals surface area contributed by atoms with Crippen LogP contribution in [0.25, 0.3) is 0 Å². The molecule has 0 spiro atoms. The molecule has 0 aliphatic rings. The fraction of sp³-hybridized carbons (Fsp3) is 1.00. The van der Waals surface area contributed by atoms with Gasteiger partial charge in [-0.2, -0.15) is 0 Å². The minimum Gasteiger partial charge on any atom is -0.0768 e. The van der Waals surface area contributed by atoms with Gasteiger partial charge < -0.3 is 0 Å². The van der Waals surface area contributed by atoms with Crippen molar-refractivity contribution in [2.45, 2.75) is 44.5 Å². The van der Waals surface area contributed by atoms with Crippen molar-refractivity contribution in [3.63, 3.8) is 0 Å². The van der Waals surface area contributed by atoms with Crippen LogP contribution in [0.2, 0.25) is 24.2 Å². The van der Waals surface area contributed by atoms with Crippen molar-refractivity contribution in [2.75, 3.05) is 0 Å². The van der Waals surface area contributed by atoms with Crippen LogP contribution >= 0.6 is 63.7 Å². The summed E-state index contributed by atoms with van der Waals surface area (Å²) in [5, 5.41) is 0. The van der Waals surface area contributed by atoms with Gasteiger partial charge >= 0.3 is 0 Å². The second kappa shape index (κ2) is 11.8. The molecular weight excluding hydrogens is 472 g/mol. The Bertz CT molecular complexity index is 108. The van der Waals surface area contributed by atoms with E-state index in [1.54, 1.807) is 0 Å². The maximum atomic E-state index is 3.50. The third-order valence-electron chi connectivity index (χ3n) is 1.55. The fourth-order valence-corrected chi connectivity index (χ4v) is 5.51. The van der Waals surface area contributed by atoms with E-state index in [1.807, 2.05) is 0 Å². The highest BCUT2D eigenvalue weighted by atomic mass is 79.9. The molecule has 0 N–H and O–H groups in total. The molecule has 0 unspecified atom stereocenters. The second-order valence-electron chi connectivity index (χ2n) is 2.90. The second-order valence-corrected chi connectivity index (χ2v) is 12.6. The number of hydrogen-bond donors (Lipinski definition) is 0. The van der Waals surface area contributed by atoms with E-state index < -0.39 is 0 Å². The summed E-state index contributed by atoms with van der Waals surface area (Å²) in [7, 11) is 2.22. The Morgan fingerprint density at radius 1 is 0.714 bits per heavy atom. The van der Waals surface area contributed by atoms with Crippen LogP contribution in [-0.2, 0) is 0 Å². The molecule has 0 nitrogen and oxygen atoms in total. The molecule has 0 saturated heterocycles. The van der Waals surface area contributed by atoms with Crippen molar-refractivity contribution in [2.24, 2.45) is 0 Å². The molecule has 0 aromatic carbocycles. The number of alkyl halides is 4. The molecule has 0 fully saturated rings. The summed E-state index contributed by atoms with van der Waals surface area (Å²) >= 11 is 14.0. The normalized spacial score (nSPS) is 11.6. The van der Waals surface area contributed by atoms with Crippen molar-refractivity contribution < 1.29 is 0 Å². The lowest BCUT2D eigenvalue weighted by atomic mass is 10.4. The van der Waals surface area contributed by atoms with Gasteiger partial charge in [0.05, 0.1) is 7.47 Å². The zero-order valence-electron chi connectivity index (χ0n) is 7.91. The van der Waals surface area contributed by atoms with Crippen LogP contribution in [0.5, 0.6) is 0 Å². The largest absolute Gasteiger partial charge is 0.0768 e. The summed E-state index contributed by atoms with van der Waals surface area (Å²) in [4.78, 5) is 0. The molecule has 4 radical (unpaired) electrons. The maximum Gasteiger partial charge on any atom is 0.0670 e. The minimum absolute atomic E-state index is 0.526. The first-order chi connectivity index (χ1) is 6.63. The van der Waals surface area contributed by atoms with Gasteiger partial charge in [-0.3, -0.25) is 0 Å².